The van der Waals surface area contributed by atoms with Crippen molar-refractivity contribution in [3.8, 4) is 0 Å². The number of aliphatic hydroxyl groups is 1. The van der Waals surface area contributed by atoms with Gasteiger partial charge in [-0.3, -0.25) is 0 Å². The van der Waals surface area contributed by atoms with Crippen molar-refractivity contribution in [1.82, 2.24) is 0 Å². The van der Waals surface area contributed by atoms with Gasteiger partial charge in [0, 0.05) is 0 Å². The number of hydrogen-bond donors (Lipinski definition) is 1. The molecule has 0 radical (unpaired) electrons. The van der Waals surface area contributed by atoms with Crippen molar-refractivity contribution < 1.29 is 27.1 Å². The monoisotopic (exact) mass is 288 g/mol. The molecule has 1 nitrogen and oxygen atoms in total. The number of aliphatic hydroxyl groups excluding tert-OH is 1. The van der Waals surface area contributed by atoms with Crippen LogP contribution in [0.3, 0.4) is 0 Å². The Morgan fingerprint density at radius 2 is 1.55 bits per heavy atom. The normalized spacial score (nSPS) is 13.3. The highest BCUT2D eigenvalue weighted by atomic mass is 19.4. The highest BCUT2D eigenvalue weighted by Gasteiger charge is 2.34. The van der Waals surface area contributed by atoms with Gasteiger partial charge < -0.3 is 5.11 Å². The van der Waals surface area contributed by atoms with Crippen LogP contribution >= 0.6 is 0 Å². The second-order valence-corrected chi connectivity index (χ2v) is 4.19. The molecule has 0 fully saturated rings. The van der Waals surface area contributed by atoms with Gasteiger partial charge in [-0.1, -0.05) is 18.2 Å². The minimum atomic E-state index is -4.86. The average Bonchev–Trinajstić information content (AvgIpc) is 2.37. The minimum absolute atomic E-state index is 0.0877. The van der Waals surface area contributed by atoms with Crippen LogP contribution in [-0.2, 0) is 6.18 Å². The topological polar surface area (TPSA) is 20.2 Å². The molecule has 0 bridgehead atoms. The molecule has 2 aromatic rings. The summed E-state index contributed by atoms with van der Waals surface area (Å²) < 4.78 is 63.9. The van der Waals surface area contributed by atoms with Gasteiger partial charge in [-0.15, -0.1) is 0 Å². The Bertz CT molecular complexity index is 621. The number of rotatable bonds is 2. The van der Waals surface area contributed by atoms with E-state index in [0.29, 0.717) is 12.1 Å². The highest BCUT2D eigenvalue weighted by molar-refractivity contribution is 5.34. The Kier molecular flexibility index (Phi) is 3.76. The lowest BCUT2D eigenvalue weighted by atomic mass is 9.99. The fourth-order valence-corrected chi connectivity index (χ4v) is 1.80. The molecule has 2 rings (SSSR count). The zero-order valence-corrected chi connectivity index (χ0v) is 9.96. The molecular weight excluding hydrogens is 279 g/mol. The second-order valence-electron chi connectivity index (χ2n) is 4.19. The molecule has 0 aliphatic rings. The third kappa shape index (κ3) is 2.96. The van der Waals surface area contributed by atoms with E-state index in [4.69, 9.17) is 0 Å². The number of benzene rings is 2. The van der Waals surface area contributed by atoms with E-state index in [1.54, 1.807) is 0 Å². The van der Waals surface area contributed by atoms with Crippen molar-refractivity contribution in [3.05, 3.63) is 70.8 Å². The summed E-state index contributed by atoms with van der Waals surface area (Å²) in [4.78, 5) is 0. The van der Waals surface area contributed by atoms with Crippen LogP contribution in [0.1, 0.15) is 22.8 Å². The molecule has 0 aliphatic heterocycles. The van der Waals surface area contributed by atoms with Crippen molar-refractivity contribution in [2.45, 2.75) is 12.3 Å². The molecular formula is C14H9F5O. The Labute approximate surface area is 111 Å². The lowest BCUT2D eigenvalue weighted by Crippen LogP contribution is -2.10. The predicted octanol–water partition coefficient (Wildman–Crippen LogP) is 4.07. The summed E-state index contributed by atoms with van der Waals surface area (Å²) in [7, 11) is 0. The Morgan fingerprint density at radius 3 is 2.15 bits per heavy atom. The Hall–Kier alpha value is -1.95. The zero-order valence-electron chi connectivity index (χ0n) is 9.96. The zero-order chi connectivity index (χ0) is 14.9. The van der Waals surface area contributed by atoms with E-state index in [1.165, 1.54) is 12.1 Å². The van der Waals surface area contributed by atoms with Gasteiger partial charge in [0.2, 0.25) is 0 Å². The summed E-state index contributed by atoms with van der Waals surface area (Å²) in [6.45, 7) is 0. The first-order chi connectivity index (χ1) is 9.29. The van der Waals surface area contributed by atoms with Crippen LogP contribution in [0.5, 0.6) is 0 Å². The van der Waals surface area contributed by atoms with E-state index in [9.17, 15) is 27.1 Å². The second kappa shape index (κ2) is 5.20. The van der Waals surface area contributed by atoms with Gasteiger partial charge >= 0.3 is 6.18 Å². The van der Waals surface area contributed by atoms with E-state index in [0.717, 1.165) is 18.2 Å². The molecule has 6 heteroatoms. The Balaban J connectivity index is 2.43. The molecule has 1 unspecified atom stereocenters. The summed E-state index contributed by atoms with van der Waals surface area (Å²) in [6, 6.07) is 7.00. The maximum atomic E-state index is 13.1. The third-order valence-electron chi connectivity index (χ3n) is 2.78. The van der Waals surface area contributed by atoms with Crippen LogP contribution in [0.2, 0.25) is 0 Å². The standard InChI is InChI=1S/C14H9F5O/c15-10-3-1-2-8(6-10)13(20)9-4-5-12(16)11(7-9)14(17,18)19/h1-7,13,20H. The highest BCUT2D eigenvalue weighted by Crippen LogP contribution is 2.34. The number of halogens is 5. The van der Waals surface area contributed by atoms with Gasteiger partial charge in [0.1, 0.15) is 17.7 Å². The maximum Gasteiger partial charge on any atom is 0.419 e. The molecule has 0 aliphatic carbocycles. The molecule has 0 saturated carbocycles. The van der Waals surface area contributed by atoms with E-state index < -0.39 is 29.5 Å². The van der Waals surface area contributed by atoms with Crippen molar-refractivity contribution in [2.75, 3.05) is 0 Å². The van der Waals surface area contributed by atoms with Gasteiger partial charge in [-0.2, -0.15) is 13.2 Å². The van der Waals surface area contributed by atoms with Crippen LogP contribution in [0, 0.1) is 11.6 Å². The first-order valence-corrected chi connectivity index (χ1v) is 5.59. The lowest BCUT2D eigenvalue weighted by molar-refractivity contribution is -0.140. The smallest absolute Gasteiger partial charge is 0.384 e. The summed E-state index contributed by atoms with van der Waals surface area (Å²) in [5.41, 5.74) is -1.54. The molecule has 0 amide bonds. The van der Waals surface area contributed by atoms with Gasteiger partial charge in [-0.05, 0) is 35.4 Å². The number of alkyl halides is 3. The summed E-state index contributed by atoms with van der Waals surface area (Å²) in [6.07, 6.45) is -6.32. The molecule has 0 saturated heterocycles. The van der Waals surface area contributed by atoms with Gasteiger partial charge in [0.25, 0.3) is 0 Å². The average molecular weight is 288 g/mol. The van der Waals surface area contributed by atoms with E-state index >= 15 is 0 Å². The first kappa shape index (κ1) is 14.5. The molecule has 106 valence electrons. The maximum absolute atomic E-state index is 13.1. The lowest BCUT2D eigenvalue weighted by Gasteiger charge is -2.14. The van der Waals surface area contributed by atoms with Crippen LogP contribution in [-0.4, -0.2) is 5.11 Å². The van der Waals surface area contributed by atoms with Crippen LogP contribution in [0.4, 0.5) is 22.0 Å². The molecule has 0 spiro atoms. The number of hydrogen-bond acceptors (Lipinski definition) is 1. The summed E-state index contributed by atoms with van der Waals surface area (Å²) in [5.74, 6) is -2.05. The fraction of sp³-hybridized carbons (Fsp3) is 0.143. The van der Waals surface area contributed by atoms with Crippen LogP contribution in [0.25, 0.3) is 0 Å². The molecule has 0 aromatic heterocycles. The van der Waals surface area contributed by atoms with Crippen LogP contribution in [0.15, 0.2) is 42.5 Å². The minimum Gasteiger partial charge on any atom is -0.384 e. The molecule has 1 atom stereocenters. The van der Waals surface area contributed by atoms with Crippen molar-refractivity contribution in [2.24, 2.45) is 0 Å². The van der Waals surface area contributed by atoms with E-state index in [1.807, 2.05) is 0 Å². The van der Waals surface area contributed by atoms with Crippen molar-refractivity contribution >= 4 is 0 Å². The summed E-state index contributed by atoms with van der Waals surface area (Å²) >= 11 is 0. The van der Waals surface area contributed by atoms with Crippen molar-refractivity contribution in [1.29, 1.82) is 0 Å². The van der Waals surface area contributed by atoms with Gasteiger partial charge in [0.05, 0.1) is 5.56 Å². The van der Waals surface area contributed by atoms with Gasteiger partial charge in [-0.25, -0.2) is 8.78 Å². The predicted molar refractivity (Wildman–Crippen MR) is 61.9 cm³/mol. The van der Waals surface area contributed by atoms with E-state index in [2.05, 4.69) is 0 Å². The third-order valence-corrected chi connectivity index (χ3v) is 2.78. The SMILES string of the molecule is OC(c1cccc(F)c1)c1ccc(F)c(C(F)(F)F)c1. The molecule has 2 aromatic carbocycles. The van der Waals surface area contributed by atoms with Crippen molar-refractivity contribution in [3.63, 3.8) is 0 Å². The van der Waals surface area contributed by atoms with Gasteiger partial charge in [0.15, 0.2) is 0 Å². The molecule has 0 heterocycles. The quantitative estimate of drug-likeness (QED) is 0.826. The Morgan fingerprint density at radius 1 is 0.900 bits per heavy atom. The first-order valence-electron chi connectivity index (χ1n) is 5.59. The van der Waals surface area contributed by atoms with Crippen LogP contribution < -0.4 is 0 Å². The summed E-state index contributed by atoms with van der Waals surface area (Å²) in [5, 5.41) is 9.94. The fourth-order valence-electron chi connectivity index (χ4n) is 1.80. The van der Waals surface area contributed by atoms with E-state index in [-0.39, 0.29) is 11.1 Å². The molecule has 20 heavy (non-hydrogen) atoms. The largest absolute Gasteiger partial charge is 0.419 e. The molecule has 1 N–H and O–H groups in total.